The van der Waals surface area contributed by atoms with Crippen molar-refractivity contribution in [3.05, 3.63) is 0 Å². The molecular formula is C20H41N3O2. The highest BCUT2D eigenvalue weighted by molar-refractivity contribution is 5.76. The molecular weight excluding hydrogens is 314 g/mol. The number of hydrogen-bond donors (Lipinski definition) is 1. The van der Waals surface area contributed by atoms with Crippen LogP contribution in [0.3, 0.4) is 0 Å². The van der Waals surface area contributed by atoms with Crippen molar-refractivity contribution in [3.8, 4) is 0 Å². The summed E-state index contributed by atoms with van der Waals surface area (Å²) in [6.07, 6.45) is 15.3. The Morgan fingerprint density at radius 3 is 2.00 bits per heavy atom. The molecule has 0 aliphatic carbocycles. The van der Waals surface area contributed by atoms with Crippen LogP contribution in [-0.2, 0) is 4.79 Å². The van der Waals surface area contributed by atoms with Gasteiger partial charge in [0, 0.05) is 19.3 Å². The van der Waals surface area contributed by atoms with Gasteiger partial charge in [-0.15, -0.1) is 0 Å². The van der Waals surface area contributed by atoms with Gasteiger partial charge in [-0.3, -0.25) is 10.2 Å². The van der Waals surface area contributed by atoms with Crippen LogP contribution >= 0.6 is 0 Å². The molecule has 0 radical (unpaired) electrons. The Morgan fingerprint density at radius 2 is 1.56 bits per heavy atom. The molecule has 0 aromatic rings. The quantitative estimate of drug-likeness (QED) is 0.431. The second kappa shape index (κ2) is 14.3. The summed E-state index contributed by atoms with van der Waals surface area (Å²) in [7, 11) is 2.24. The highest BCUT2D eigenvalue weighted by Crippen LogP contribution is 2.19. The maximum atomic E-state index is 8.89. The van der Waals surface area contributed by atoms with Crippen LogP contribution in [0.2, 0.25) is 0 Å². The van der Waals surface area contributed by atoms with E-state index in [0.29, 0.717) is 0 Å². The predicted octanol–water partition coefficient (Wildman–Crippen LogP) is 3.22. The first-order chi connectivity index (χ1) is 11.8. The van der Waals surface area contributed by atoms with Crippen molar-refractivity contribution < 1.29 is 14.4 Å². The molecule has 0 amide bonds. The summed E-state index contributed by atoms with van der Waals surface area (Å²) in [5.41, 5.74) is 6.13. The smallest absolute Gasteiger partial charge is 0.199 e. The zero-order valence-electron chi connectivity index (χ0n) is 17.1. The number of aliphatic imine (C=N–C) groups is 1. The van der Waals surface area contributed by atoms with Crippen LogP contribution < -0.4 is 10.8 Å². The highest BCUT2D eigenvalue weighted by Gasteiger charge is 2.36. The minimum atomic E-state index is -1.08. The molecule has 0 aromatic heterocycles. The number of amidine groups is 1. The summed E-state index contributed by atoms with van der Waals surface area (Å²) < 4.78 is 0.872. The highest BCUT2D eigenvalue weighted by atomic mass is 16.4. The number of hydrogen-bond acceptors (Lipinski definition) is 4. The van der Waals surface area contributed by atoms with Gasteiger partial charge in [-0.1, -0.05) is 64.7 Å². The monoisotopic (exact) mass is 355 g/mol. The summed E-state index contributed by atoms with van der Waals surface area (Å²) >= 11 is 0. The lowest BCUT2D eigenvalue weighted by Gasteiger charge is -2.33. The van der Waals surface area contributed by atoms with E-state index < -0.39 is 5.97 Å². The molecule has 148 valence electrons. The van der Waals surface area contributed by atoms with E-state index in [2.05, 4.69) is 20.9 Å². The molecule has 5 heteroatoms. The van der Waals surface area contributed by atoms with Gasteiger partial charge >= 0.3 is 0 Å². The van der Waals surface area contributed by atoms with Gasteiger partial charge in [0.1, 0.15) is 12.7 Å². The van der Waals surface area contributed by atoms with Crippen LogP contribution in [0.15, 0.2) is 4.99 Å². The van der Waals surface area contributed by atoms with Crippen LogP contribution in [0.1, 0.15) is 91.4 Å². The van der Waals surface area contributed by atoms with Gasteiger partial charge < -0.3 is 9.90 Å². The van der Waals surface area contributed by atoms with Crippen molar-refractivity contribution in [2.24, 2.45) is 10.7 Å². The maximum absolute atomic E-state index is 8.89. The van der Waals surface area contributed by atoms with Gasteiger partial charge in [0.2, 0.25) is 0 Å². The molecule has 2 atom stereocenters. The Bertz CT molecular complexity index is 379. The molecule has 2 unspecified atom stereocenters. The summed E-state index contributed by atoms with van der Waals surface area (Å²) in [5, 5.41) is 8.89. The van der Waals surface area contributed by atoms with Crippen LogP contribution in [0, 0.1) is 0 Å². The number of nitrogens with zero attached hydrogens (tertiary/aromatic N) is 2. The molecule has 2 N–H and O–H groups in total. The predicted molar refractivity (Wildman–Crippen MR) is 104 cm³/mol. The molecule has 25 heavy (non-hydrogen) atoms. The fraction of sp³-hybridized carbons (Fsp3) is 0.900. The lowest BCUT2D eigenvalue weighted by Crippen LogP contribution is -2.57. The number of unbranched alkanes of at least 4 members (excludes halogenated alkanes) is 9. The molecule has 1 aliphatic heterocycles. The van der Waals surface area contributed by atoms with E-state index in [9.17, 15) is 0 Å². The molecule has 0 fully saturated rings. The number of nitrogens with two attached hydrogens (primary N) is 1. The topological polar surface area (TPSA) is 78.5 Å². The second-order valence-electron chi connectivity index (χ2n) is 7.45. The number of carbonyl (C=O) groups excluding carboxylic acids is 1. The van der Waals surface area contributed by atoms with Gasteiger partial charge in [-0.05, 0) is 13.3 Å². The van der Waals surface area contributed by atoms with Gasteiger partial charge in [0.25, 0.3) is 0 Å². The summed E-state index contributed by atoms with van der Waals surface area (Å²) in [4.78, 5) is 13.6. The van der Waals surface area contributed by atoms with Crippen molar-refractivity contribution >= 4 is 11.8 Å². The molecule has 1 heterocycles. The van der Waals surface area contributed by atoms with Gasteiger partial charge in [-0.25, -0.2) is 4.99 Å². The van der Waals surface area contributed by atoms with Crippen LogP contribution in [-0.4, -0.2) is 42.6 Å². The molecule has 0 aromatic carbocycles. The Kier molecular flexibility index (Phi) is 13.7. The van der Waals surface area contributed by atoms with Gasteiger partial charge in [0.15, 0.2) is 5.84 Å². The first kappa shape index (κ1) is 24.1. The minimum absolute atomic E-state index is 0.175. The Hall–Kier alpha value is -0.940. The summed E-state index contributed by atoms with van der Waals surface area (Å²) in [6.45, 7) is 7.42. The van der Waals surface area contributed by atoms with Crippen LogP contribution in [0.4, 0.5) is 0 Å². The van der Waals surface area contributed by atoms with Crippen LogP contribution in [0.5, 0.6) is 0 Å². The lowest BCUT2D eigenvalue weighted by molar-refractivity contribution is -0.840. The zero-order valence-corrected chi connectivity index (χ0v) is 17.1. The number of carbonyl (C=O) groups is 1. The number of carboxylic acid groups (broad SMARTS) is 1. The van der Waals surface area contributed by atoms with Crippen LogP contribution in [0.25, 0.3) is 0 Å². The maximum Gasteiger partial charge on any atom is 0.199 e. The van der Waals surface area contributed by atoms with E-state index >= 15 is 0 Å². The van der Waals surface area contributed by atoms with E-state index in [4.69, 9.17) is 20.6 Å². The third kappa shape index (κ3) is 11.3. The van der Waals surface area contributed by atoms with Crippen molar-refractivity contribution in [3.63, 3.8) is 0 Å². The number of aliphatic carboxylic acids is 1. The van der Waals surface area contributed by atoms with Crippen molar-refractivity contribution in [1.82, 2.24) is 0 Å². The lowest BCUT2D eigenvalue weighted by atomic mass is 10.1. The third-order valence-corrected chi connectivity index (χ3v) is 5.10. The molecule has 0 bridgehead atoms. The average Bonchev–Trinajstić information content (AvgIpc) is 2.91. The first-order valence-electron chi connectivity index (χ1n) is 10.2. The molecule has 5 nitrogen and oxygen atoms in total. The standard InChI is InChI=1S/C18H38N3.C2H4O2/c1-4-5-6-7-8-9-10-11-12-13-14-18-20-15-16-21(18,3)17(2)19;1-2(3)4/h17H,4-16,19H2,1-3H3;1H3,(H,3,4)/q+1;/p-1. The van der Waals surface area contributed by atoms with Crippen molar-refractivity contribution in [2.45, 2.75) is 97.6 Å². The second-order valence-corrected chi connectivity index (χ2v) is 7.45. The third-order valence-electron chi connectivity index (χ3n) is 5.10. The van der Waals surface area contributed by atoms with Gasteiger partial charge in [-0.2, -0.15) is 0 Å². The molecule has 0 spiro atoms. The largest absolute Gasteiger partial charge is 0.550 e. The molecule has 0 saturated heterocycles. The normalized spacial score (nSPS) is 20.6. The van der Waals surface area contributed by atoms with E-state index in [0.717, 1.165) is 30.9 Å². The van der Waals surface area contributed by atoms with E-state index in [1.165, 1.54) is 70.0 Å². The zero-order chi connectivity index (χ0) is 19.1. The number of rotatable bonds is 12. The fourth-order valence-corrected chi connectivity index (χ4v) is 3.22. The van der Waals surface area contributed by atoms with E-state index in [1.54, 1.807) is 0 Å². The Morgan fingerprint density at radius 1 is 1.12 bits per heavy atom. The number of likely N-dealkylation sites (N-methyl/N-ethyl adjacent to an activating group) is 1. The Labute approximate surface area is 155 Å². The Balaban J connectivity index is 0.00000129. The van der Waals surface area contributed by atoms with E-state index in [-0.39, 0.29) is 6.17 Å². The molecule has 1 rings (SSSR count). The fourth-order valence-electron chi connectivity index (χ4n) is 3.22. The van der Waals surface area contributed by atoms with Crippen molar-refractivity contribution in [2.75, 3.05) is 20.1 Å². The number of carboxylic acids is 1. The van der Waals surface area contributed by atoms with E-state index in [1.807, 2.05) is 0 Å². The SMILES string of the molecule is CC(=O)[O-].CCCCCCCCCCCCC1=NCC[N+]1(C)C(C)N. The van der Waals surface area contributed by atoms with Gasteiger partial charge in [0.05, 0.1) is 13.6 Å². The van der Waals surface area contributed by atoms with Crippen molar-refractivity contribution in [1.29, 1.82) is 0 Å². The first-order valence-corrected chi connectivity index (χ1v) is 10.2. The summed E-state index contributed by atoms with van der Waals surface area (Å²) in [6, 6.07) is 0. The summed E-state index contributed by atoms with van der Waals surface area (Å²) in [5.74, 6) is 0.254. The minimum Gasteiger partial charge on any atom is -0.550 e. The average molecular weight is 356 g/mol. The molecule has 0 saturated carbocycles. The molecule has 1 aliphatic rings. The number of quaternary nitrogens is 1.